The van der Waals surface area contributed by atoms with Gasteiger partial charge in [-0.2, -0.15) is 0 Å². The van der Waals surface area contributed by atoms with Crippen LogP contribution in [-0.2, 0) is 20.7 Å². The van der Waals surface area contributed by atoms with Crippen LogP contribution in [0, 0.1) is 0 Å². The van der Waals surface area contributed by atoms with Gasteiger partial charge in [0, 0.05) is 12.2 Å². The maximum atomic E-state index is 11.8. The molecule has 2 heterocycles. The Morgan fingerprint density at radius 3 is 2.68 bits per heavy atom. The Labute approximate surface area is 125 Å². The number of carboxylic acids is 1. The summed E-state index contributed by atoms with van der Waals surface area (Å²) in [6.45, 7) is 1.16. The quantitative estimate of drug-likeness (QED) is 0.870. The van der Waals surface area contributed by atoms with Gasteiger partial charge in [0.2, 0.25) is 0 Å². The maximum Gasteiger partial charge on any atom is 0.309 e. The topological polar surface area (TPSA) is 97.6 Å². The van der Waals surface area contributed by atoms with Gasteiger partial charge in [0.25, 0.3) is 5.91 Å². The van der Waals surface area contributed by atoms with Gasteiger partial charge in [-0.3, -0.25) is 9.59 Å². The van der Waals surface area contributed by atoms with E-state index in [1.807, 2.05) is 12.1 Å². The molecule has 0 aliphatic carbocycles. The first-order valence-electron chi connectivity index (χ1n) is 6.75. The predicted molar refractivity (Wildman–Crippen MR) is 75.9 cm³/mol. The summed E-state index contributed by atoms with van der Waals surface area (Å²) in [4.78, 5) is 24.1. The lowest BCUT2D eigenvalue weighted by Crippen LogP contribution is -2.41. The van der Waals surface area contributed by atoms with E-state index in [4.69, 9.17) is 9.84 Å². The summed E-state index contributed by atoms with van der Waals surface area (Å²) < 4.78 is 6.60. The largest absolute Gasteiger partial charge is 0.481 e. The van der Waals surface area contributed by atoms with Crippen LogP contribution in [0.4, 0.5) is 5.69 Å². The van der Waals surface area contributed by atoms with Gasteiger partial charge >= 0.3 is 5.97 Å². The fourth-order valence-electron chi connectivity index (χ4n) is 2.24. The zero-order valence-corrected chi connectivity index (χ0v) is 11.7. The second-order valence-electron chi connectivity index (χ2n) is 4.84. The van der Waals surface area contributed by atoms with E-state index in [-0.39, 0.29) is 18.9 Å². The molecule has 3 rings (SSSR count). The molecule has 8 heteroatoms. The molecule has 1 saturated heterocycles. The van der Waals surface area contributed by atoms with Gasteiger partial charge in [-0.25, -0.2) is 4.68 Å². The second kappa shape index (κ2) is 5.94. The highest BCUT2D eigenvalue weighted by molar-refractivity contribution is 5.94. The van der Waals surface area contributed by atoms with Crippen molar-refractivity contribution in [2.45, 2.75) is 6.42 Å². The highest BCUT2D eigenvalue weighted by Gasteiger charge is 2.20. The molecule has 1 aromatic carbocycles. The van der Waals surface area contributed by atoms with Crippen LogP contribution in [0.2, 0.25) is 0 Å². The number of rotatable bonds is 4. The molecule has 0 radical (unpaired) electrons. The number of aliphatic carboxylic acids is 1. The van der Waals surface area contributed by atoms with Crippen LogP contribution in [0.15, 0.2) is 30.5 Å². The van der Waals surface area contributed by atoms with Crippen molar-refractivity contribution in [3.05, 3.63) is 36.2 Å². The van der Waals surface area contributed by atoms with Crippen LogP contribution in [0.1, 0.15) is 5.69 Å². The third kappa shape index (κ3) is 2.96. The minimum atomic E-state index is -0.951. The Hall–Kier alpha value is -2.74. The number of benzene rings is 1. The number of carbonyl (C=O) groups is 2. The van der Waals surface area contributed by atoms with Gasteiger partial charge in [-0.15, -0.1) is 5.10 Å². The molecule has 1 aliphatic rings. The number of morpholine rings is 1. The lowest BCUT2D eigenvalue weighted by Gasteiger charge is -2.26. The van der Waals surface area contributed by atoms with Crippen molar-refractivity contribution >= 4 is 17.6 Å². The number of ether oxygens (including phenoxy) is 1. The van der Waals surface area contributed by atoms with Crippen molar-refractivity contribution in [2.75, 3.05) is 24.7 Å². The van der Waals surface area contributed by atoms with E-state index in [1.165, 1.54) is 4.68 Å². The maximum absolute atomic E-state index is 11.8. The Bertz CT molecular complexity index is 695. The second-order valence-corrected chi connectivity index (χ2v) is 4.84. The molecule has 114 valence electrons. The highest BCUT2D eigenvalue weighted by Crippen LogP contribution is 2.19. The lowest BCUT2D eigenvalue weighted by molar-refractivity contribution is -0.136. The average Bonchev–Trinajstić information content (AvgIpc) is 2.96. The van der Waals surface area contributed by atoms with Crippen molar-refractivity contribution in [3.63, 3.8) is 0 Å². The third-order valence-electron chi connectivity index (χ3n) is 3.28. The molecule has 0 saturated carbocycles. The summed E-state index contributed by atoms with van der Waals surface area (Å²) in [7, 11) is 0. The number of aromatic nitrogens is 3. The van der Waals surface area contributed by atoms with Crippen molar-refractivity contribution in [3.8, 4) is 5.69 Å². The summed E-state index contributed by atoms with van der Waals surface area (Å²) >= 11 is 0. The molecule has 0 atom stereocenters. The molecule has 1 N–H and O–H groups in total. The standard InChI is InChI=1S/C14H14N4O4/c19-13-9-22-6-5-17(13)11-1-3-12(4-2-11)18-8-10(15-16-18)7-14(20)21/h1-4,8H,5-7,9H2,(H,20,21). The first kappa shape index (κ1) is 14.2. The molecule has 1 fully saturated rings. The van der Waals surface area contributed by atoms with E-state index in [1.54, 1.807) is 23.2 Å². The van der Waals surface area contributed by atoms with Crippen molar-refractivity contribution in [1.29, 1.82) is 0 Å². The van der Waals surface area contributed by atoms with Gasteiger partial charge in [0.05, 0.1) is 30.6 Å². The molecule has 1 aliphatic heterocycles. The Kier molecular flexibility index (Phi) is 3.84. The molecular formula is C14H14N4O4. The molecule has 1 amide bonds. The van der Waals surface area contributed by atoms with Gasteiger partial charge in [0.15, 0.2) is 0 Å². The fraction of sp³-hybridized carbons (Fsp3) is 0.286. The lowest BCUT2D eigenvalue weighted by atomic mass is 10.2. The number of hydrogen-bond acceptors (Lipinski definition) is 5. The SMILES string of the molecule is O=C(O)Cc1cn(-c2ccc(N3CCOCC3=O)cc2)nn1. The fourth-order valence-corrected chi connectivity index (χ4v) is 2.24. The molecular weight excluding hydrogens is 288 g/mol. The van der Waals surface area contributed by atoms with Crippen LogP contribution in [0.25, 0.3) is 5.69 Å². The minimum Gasteiger partial charge on any atom is -0.481 e. The zero-order chi connectivity index (χ0) is 15.5. The monoisotopic (exact) mass is 302 g/mol. The van der Waals surface area contributed by atoms with Gasteiger partial charge in [-0.1, -0.05) is 5.21 Å². The van der Waals surface area contributed by atoms with Crippen LogP contribution in [0.3, 0.4) is 0 Å². The van der Waals surface area contributed by atoms with E-state index in [0.29, 0.717) is 18.8 Å². The van der Waals surface area contributed by atoms with Gasteiger partial charge < -0.3 is 14.7 Å². The summed E-state index contributed by atoms with van der Waals surface area (Å²) in [5, 5.41) is 16.4. The summed E-state index contributed by atoms with van der Waals surface area (Å²) in [6, 6.07) is 7.24. The Morgan fingerprint density at radius 2 is 2.00 bits per heavy atom. The average molecular weight is 302 g/mol. The van der Waals surface area contributed by atoms with Crippen LogP contribution in [0.5, 0.6) is 0 Å². The van der Waals surface area contributed by atoms with Crippen molar-refractivity contribution < 1.29 is 19.4 Å². The molecule has 0 bridgehead atoms. The predicted octanol–water partition coefficient (Wildman–Crippen LogP) is 0.258. The minimum absolute atomic E-state index is 0.0662. The van der Waals surface area contributed by atoms with E-state index in [2.05, 4.69) is 10.3 Å². The third-order valence-corrected chi connectivity index (χ3v) is 3.28. The summed E-state index contributed by atoms with van der Waals surface area (Å²) in [5.74, 6) is -1.02. The van der Waals surface area contributed by atoms with Crippen molar-refractivity contribution in [1.82, 2.24) is 15.0 Å². The molecule has 0 spiro atoms. The number of carboxylic acid groups (broad SMARTS) is 1. The summed E-state index contributed by atoms with van der Waals surface area (Å²) in [6.07, 6.45) is 1.41. The van der Waals surface area contributed by atoms with E-state index >= 15 is 0 Å². The van der Waals surface area contributed by atoms with Crippen LogP contribution in [-0.4, -0.2) is 51.7 Å². The van der Waals surface area contributed by atoms with Crippen molar-refractivity contribution in [2.24, 2.45) is 0 Å². The molecule has 1 aromatic heterocycles. The first-order valence-corrected chi connectivity index (χ1v) is 6.75. The number of anilines is 1. The molecule has 2 aromatic rings. The summed E-state index contributed by atoms with van der Waals surface area (Å²) in [5.41, 5.74) is 1.93. The zero-order valence-electron chi connectivity index (χ0n) is 11.7. The highest BCUT2D eigenvalue weighted by atomic mass is 16.5. The molecule has 0 unspecified atom stereocenters. The molecule has 8 nitrogen and oxygen atoms in total. The molecule has 22 heavy (non-hydrogen) atoms. The number of amides is 1. The number of hydrogen-bond donors (Lipinski definition) is 1. The van der Waals surface area contributed by atoms with Gasteiger partial charge in [-0.05, 0) is 24.3 Å². The Morgan fingerprint density at radius 1 is 1.27 bits per heavy atom. The smallest absolute Gasteiger partial charge is 0.309 e. The van der Waals surface area contributed by atoms with Crippen LogP contribution >= 0.6 is 0 Å². The normalized spacial score (nSPS) is 15.1. The van der Waals surface area contributed by atoms with E-state index in [9.17, 15) is 9.59 Å². The van der Waals surface area contributed by atoms with E-state index in [0.717, 1.165) is 11.4 Å². The van der Waals surface area contributed by atoms with Gasteiger partial charge in [0.1, 0.15) is 6.61 Å². The van der Waals surface area contributed by atoms with Crippen LogP contribution < -0.4 is 4.90 Å². The number of nitrogens with zero attached hydrogens (tertiary/aromatic N) is 4. The van der Waals surface area contributed by atoms with E-state index < -0.39 is 5.97 Å². The Balaban J connectivity index is 1.77. The number of carbonyl (C=O) groups excluding carboxylic acids is 1. The first-order chi connectivity index (χ1) is 10.6.